The van der Waals surface area contributed by atoms with Crippen LogP contribution in [0.1, 0.15) is 110 Å². The van der Waals surface area contributed by atoms with Crippen molar-refractivity contribution in [3.05, 3.63) is 12.2 Å². The molecule has 0 heterocycles. The predicted octanol–water partition coefficient (Wildman–Crippen LogP) is 7.67. The average Bonchev–Trinajstić information content (AvgIpc) is 2.63. The van der Waals surface area contributed by atoms with Crippen molar-refractivity contribution in [3.63, 3.8) is 0 Å². The van der Waals surface area contributed by atoms with Crippen molar-refractivity contribution in [2.24, 2.45) is 0 Å². The van der Waals surface area contributed by atoms with Gasteiger partial charge in [0.2, 0.25) is 0 Å². The maximum absolute atomic E-state index is 12.5. The molecule has 0 aromatic carbocycles. The minimum atomic E-state index is -3.54. The molecule has 0 amide bonds. The Hall–Kier alpha value is -0.150. The van der Waals surface area contributed by atoms with Gasteiger partial charge in [0.05, 0.1) is 27.7 Å². The van der Waals surface area contributed by atoms with Gasteiger partial charge in [0.15, 0.2) is 5.78 Å². The maximum atomic E-state index is 12.5. The second kappa shape index (κ2) is 17.5. The van der Waals surface area contributed by atoms with Gasteiger partial charge in [-0.3, -0.25) is 4.57 Å². The summed E-state index contributed by atoms with van der Waals surface area (Å²) in [5, 5.41) is 0. The summed E-state index contributed by atoms with van der Waals surface area (Å²) in [6, 6.07) is 0. The Kier molecular flexibility index (Phi) is 17.4. The van der Waals surface area contributed by atoms with Crippen LogP contribution in [-0.2, 0) is 9.09 Å². The normalized spacial score (nSPS) is 15.7. The Morgan fingerprint density at radius 3 is 1.62 bits per heavy atom. The van der Waals surface area contributed by atoms with E-state index >= 15 is 0 Å². The van der Waals surface area contributed by atoms with Gasteiger partial charge in [0, 0.05) is 6.42 Å². The summed E-state index contributed by atoms with van der Waals surface area (Å²) in [7, 11) is 2.31. The molecule has 5 heteroatoms. The number of hydrogen-bond acceptors (Lipinski definition) is 2. The topological polar surface area (TPSA) is 46.5 Å². The first-order valence-electron chi connectivity index (χ1n) is 12.1. The molecule has 0 bridgehead atoms. The highest BCUT2D eigenvalue weighted by Gasteiger charge is 2.41. The lowest BCUT2D eigenvalue weighted by atomic mass is 10.0. The monoisotopic (exact) mass is 432 g/mol. The Labute approximate surface area is 182 Å². The van der Waals surface area contributed by atoms with E-state index in [0.29, 0.717) is 17.5 Å². The van der Waals surface area contributed by atoms with E-state index in [9.17, 15) is 9.46 Å². The highest BCUT2D eigenvalue weighted by atomic mass is 31.2. The van der Waals surface area contributed by atoms with Gasteiger partial charge < -0.3 is 13.9 Å². The molecular weight excluding hydrogens is 381 g/mol. The van der Waals surface area contributed by atoms with Gasteiger partial charge >= 0.3 is 7.60 Å². The molecule has 174 valence electrons. The Bertz CT molecular complexity index is 446. The summed E-state index contributed by atoms with van der Waals surface area (Å²) in [5.74, 6) is -0.347. The second-order valence-electron chi connectivity index (χ2n) is 9.36. The van der Waals surface area contributed by atoms with E-state index < -0.39 is 7.60 Å². The number of hydrogen-bond donors (Lipinski definition) is 1. The van der Waals surface area contributed by atoms with Gasteiger partial charge in [-0.1, -0.05) is 89.7 Å². The molecule has 4 nitrogen and oxygen atoms in total. The third kappa shape index (κ3) is 16.2. The van der Waals surface area contributed by atoms with E-state index in [1.807, 2.05) is 28.1 Å². The third-order valence-electron chi connectivity index (χ3n) is 5.66. The van der Waals surface area contributed by atoms with E-state index in [2.05, 4.69) is 19.1 Å². The van der Waals surface area contributed by atoms with Crippen molar-refractivity contribution in [1.82, 2.24) is 0 Å². The van der Waals surface area contributed by atoms with Crippen molar-refractivity contribution in [3.8, 4) is 0 Å². The van der Waals surface area contributed by atoms with Crippen LogP contribution in [0.2, 0.25) is 0 Å². The highest BCUT2D eigenvalue weighted by molar-refractivity contribution is 7.53. The van der Waals surface area contributed by atoms with Crippen LogP contribution in [0.4, 0.5) is 0 Å². The fourth-order valence-electron chi connectivity index (χ4n) is 3.97. The van der Waals surface area contributed by atoms with E-state index in [4.69, 9.17) is 4.52 Å². The summed E-state index contributed by atoms with van der Waals surface area (Å²) in [6.07, 6.45) is 23.1. The molecule has 0 aromatic rings. The molecule has 0 radical (unpaired) electrons. The zero-order valence-electron chi connectivity index (χ0n) is 20.2. The molecule has 0 rings (SSSR count). The predicted molar refractivity (Wildman–Crippen MR) is 127 cm³/mol. The van der Waals surface area contributed by atoms with Crippen molar-refractivity contribution in [2.45, 2.75) is 116 Å². The van der Waals surface area contributed by atoms with Gasteiger partial charge in [-0.25, -0.2) is 0 Å². The minimum Gasteiger partial charge on any atom is -0.320 e. The maximum Gasteiger partial charge on any atom is 0.385 e. The number of unbranched alkanes of at least 4 members (excludes halogenated alkanes) is 13. The summed E-state index contributed by atoms with van der Waals surface area (Å²) >= 11 is 0. The van der Waals surface area contributed by atoms with Crippen LogP contribution in [0.15, 0.2) is 12.2 Å². The van der Waals surface area contributed by atoms with Gasteiger partial charge in [-0.15, -0.1) is 0 Å². The Morgan fingerprint density at radius 2 is 1.24 bits per heavy atom. The van der Waals surface area contributed by atoms with E-state index in [1.54, 1.807) is 0 Å². The standard InChI is InChI=1S/C24H50NO3P/c1-6-8-9-10-11-12-13-14-15-16-17-18-19-20-21-22-23-28-29(26,27)24(7-2)25(3,4)5/h6,8,24H,7,9-23H2,1-5H3/p+1/b8-6-. The zero-order chi connectivity index (χ0) is 22.0. The number of nitrogens with zero attached hydrogens (tertiary/aromatic N) is 1. The molecule has 0 fully saturated rings. The van der Waals surface area contributed by atoms with Crippen molar-refractivity contribution < 1.29 is 18.5 Å². The molecule has 2 atom stereocenters. The van der Waals surface area contributed by atoms with Crippen LogP contribution < -0.4 is 0 Å². The molecule has 2 unspecified atom stereocenters. The lowest BCUT2D eigenvalue weighted by Crippen LogP contribution is -2.44. The van der Waals surface area contributed by atoms with Gasteiger partial charge in [-0.05, 0) is 26.2 Å². The highest BCUT2D eigenvalue weighted by Crippen LogP contribution is 2.51. The lowest BCUT2D eigenvalue weighted by molar-refractivity contribution is -0.883. The molecule has 0 spiro atoms. The van der Waals surface area contributed by atoms with Crippen LogP contribution in [0.3, 0.4) is 0 Å². The number of allylic oxidation sites excluding steroid dienone is 2. The van der Waals surface area contributed by atoms with Gasteiger partial charge in [-0.2, -0.15) is 0 Å². The minimum absolute atomic E-state index is 0.347. The van der Waals surface area contributed by atoms with Crippen LogP contribution in [0, 0.1) is 0 Å². The first-order chi connectivity index (χ1) is 13.8. The lowest BCUT2D eigenvalue weighted by Gasteiger charge is -2.35. The molecule has 0 saturated carbocycles. The fourth-order valence-corrected chi connectivity index (χ4v) is 5.87. The first kappa shape index (κ1) is 28.9. The molecular formula is C24H51NO3P+. The smallest absolute Gasteiger partial charge is 0.320 e. The fraction of sp³-hybridized carbons (Fsp3) is 0.917. The molecule has 0 aliphatic carbocycles. The average molecular weight is 433 g/mol. The van der Waals surface area contributed by atoms with Crippen molar-refractivity contribution in [2.75, 3.05) is 27.7 Å². The molecule has 0 saturated heterocycles. The summed E-state index contributed by atoms with van der Waals surface area (Å²) < 4.78 is 18.3. The number of quaternary nitrogens is 1. The van der Waals surface area contributed by atoms with E-state index in [-0.39, 0.29) is 5.78 Å². The van der Waals surface area contributed by atoms with Crippen LogP contribution in [0.5, 0.6) is 0 Å². The van der Waals surface area contributed by atoms with Crippen molar-refractivity contribution in [1.29, 1.82) is 0 Å². The number of rotatable bonds is 20. The molecule has 1 N–H and O–H groups in total. The van der Waals surface area contributed by atoms with E-state index in [1.165, 1.54) is 77.0 Å². The second-order valence-corrected chi connectivity index (χ2v) is 11.3. The van der Waals surface area contributed by atoms with Crippen LogP contribution in [0.25, 0.3) is 0 Å². The zero-order valence-corrected chi connectivity index (χ0v) is 21.1. The summed E-state index contributed by atoms with van der Waals surface area (Å²) in [4.78, 5) is 10.3. The molecule has 29 heavy (non-hydrogen) atoms. The first-order valence-corrected chi connectivity index (χ1v) is 13.8. The third-order valence-corrected chi connectivity index (χ3v) is 8.03. The summed E-state index contributed by atoms with van der Waals surface area (Å²) in [5.41, 5.74) is 0. The Morgan fingerprint density at radius 1 is 0.828 bits per heavy atom. The quantitative estimate of drug-likeness (QED) is 0.0929. The molecule has 0 aromatic heterocycles. The molecule has 0 aliphatic rings. The van der Waals surface area contributed by atoms with Crippen molar-refractivity contribution >= 4 is 7.60 Å². The van der Waals surface area contributed by atoms with Gasteiger partial charge in [0.1, 0.15) is 0 Å². The summed E-state index contributed by atoms with van der Waals surface area (Å²) in [6.45, 7) is 4.45. The van der Waals surface area contributed by atoms with Crippen LogP contribution >= 0.6 is 7.60 Å². The van der Waals surface area contributed by atoms with Crippen LogP contribution in [-0.4, -0.2) is 42.9 Å². The Balaban J connectivity index is 3.46. The largest absolute Gasteiger partial charge is 0.385 e. The van der Waals surface area contributed by atoms with E-state index in [0.717, 1.165) is 12.8 Å². The molecule has 0 aliphatic heterocycles. The SMILES string of the molecule is C/C=C\CCCCCCCCCCCCCCCOP(=O)(O)C(CC)[N+](C)(C)C. The van der Waals surface area contributed by atoms with Gasteiger partial charge in [0.25, 0.3) is 0 Å².